The molecule has 3 rings (SSSR count). The van der Waals surface area contributed by atoms with Gasteiger partial charge in [-0.1, -0.05) is 73.5 Å². The van der Waals surface area contributed by atoms with Gasteiger partial charge >= 0.3 is 0 Å². The van der Waals surface area contributed by atoms with Gasteiger partial charge in [-0.15, -0.1) is 12.4 Å². The van der Waals surface area contributed by atoms with Crippen LogP contribution >= 0.6 is 39.9 Å². The minimum atomic E-state index is 0. The molecule has 3 nitrogen and oxygen atoms in total. The topological polar surface area (TPSA) is 30.5 Å². The molecule has 0 saturated carbocycles. The number of rotatable bonds is 10. The second kappa shape index (κ2) is 13.0. The number of benzene rings is 3. The molecule has 0 spiro atoms. The molecule has 0 saturated heterocycles. The summed E-state index contributed by atoms with van der Waals surface area (Å²) >= 11 is 9.89. The highest BCUT2D eigenvalue weighted by atomic mass is 79.9. The van der Waals surface area contributed by atoms with E-state index in [1.807, 2.05) is 30.3 Å². The van der Waals surface area contributed by atoms with Gasteiger partial charge in [0.25, 0.3) is 0 Å². The van der Waals surface area contributed by atoms with E-state index in [2.05, 4.69) is 64.6 Å². The molecule has 0 aliphatic rings. The van der Waals surface area contributed by atoms with Gasteiger partial charge in [0.15, 0.2) is 11.5 Å². The number of methoxy groups -OCH3 is 1. The lowest BCUT2D eigenvalue weighted by atomic mass is 10.0. The molecule has 3 aromatic rings. The van der Waals surface area contributed by atoms with Gasteiger partial charge in [0.2, 0.25) is 0 Å². The number of hydrogen-bond acceptors (Lipinski definition) is 3. The second-order valence-electron chi connectivity index (χ2n) is 7.12. The summed E-state index contributed by atoms with van der Waals surface area (Å²) in [5.74, 6) is 1.37. The number of ether oxygens (including phenoxy) is 2. The molecule has 6 heteroatoms. The predicted molar refractivity (Wildman–Crippen MR) is 135 cm³/mol. The zero-order valence-electron chi connectivity index (χ0n) is 17.7. The lowest BCUT2D eigenvalue weighted by molar-refractivity contribution is 0.282. The zero-order chi connectivity index (χ0) is 21.3. The molecule has 1 atom stereocenters. The summed E-state index contributed by atoms with van der Waals surface area (Å²) in [7, 11) is 1.66. The monoisotopic (exact) mass is 523 g/mol. The molecule has 31 heavy (non-hydrogen) atoms. The Morgan fingerprint density at radius 2 is 1.74 bits per heavy atom. The van der Waals surface area contributed by atoms with E-state index in [1.165, 1.54) is 5.56 Å². The lowest BCUT2D eigenvalue weighted by Gasteiger charge is -2.20. The number of hydrogen-bond donors (Lipinski definition) is 1. The Balaban J connectivity index is 0.00000341. The van der Waals surface area contributed by atoms with Crippen LogP contribution in [-0.4, -0.2) is 7.11 Å². The van der Waals surface area contributed by atoms with Crippen LogP contribution in [-0.2, 0) is 13.2 Å². The van der Waals surface area contributed by atoms with Crippen molar-refractivity contribution in [1.29, 1.82) is 0 Å². The van der Waals surface area contributed by atoms with Gasteiger partial charge in [0.1, 0.15) is 6.61 Å². The molecule has 166 valence electrons. The smallest absolute Gasteiger partial charge is 0.175 e. The van der Waals surface area contributed by atoms with E-state index in [-0.39, 0.29) is 12.4 Å². The van der Waals surface area contributed by atoms with Gasteiger partial charge in [0.05, 0.1) is 11.6 Å². The molecule has 0 amide bonds. The predicted octanol–water partition coefficient (Wildman–Crippen LogP) is 7.74. The molecular weight excluding hydrogens is 497 g/mol. The van der Waals surface area contributed by atoms with Crippen LogP contribution in [0.4, 0.5) is 0 Å². The summed E-state index contributed by atoms with van der Waals surface area (Å²) < 4.78 is 12.5. The van der Waals surface area contributed by atoms with Gasteiger partial charge < -0.3 is 14.8 Å². The van der Waals surface area contributed by atoms with Crippen LogP contribution in [0.5, 0.6) is 11.5 Å². The standard InChI is InChI=1S/C25H27BrClNO2.ClH/c1-3-9-23(19-10-5-4-6-11-19)28-16-18-14-21(26)25(24(15-18)29-2)30-17-20-12-7-8-13-22(20)27;/h4-8,10-15,23,28H,3,9,16-17H2,1-2H3;1H. The summed E-state index contributed by atoms with van der Waals surface area (Å²) in [6, 6.07) is 22.7. The van der Waals surface area contributed by atoms with Gasteiger partial charge in [-0.3, -0.25) is 0 Å². The van der Waals surface area contributed by atoms with Crippen LogP contribution in [0.2, 0.25) is 5.02 Å². The summed E-state index contributed by atoms with van der Waals surface area (Å²) in [6.07, 6.45) is 2.20. The first kappa shape index (κ1) is 25.5. The summed E-state index contributed by atoms with van der Waals surface area (Å²) in [5.41, 5.74) is 3.37. The average molecular weight is 525 g/mol. The highest BCUT2D eigenvalue weighted by Crippen LogP contribution is 2.37. The van der Waals surface area contributed by atoms with Crippen molar-refractivity contribution >= 4 is 39.9 Å². The van der Waals surface area contributed by atoms with E-state index in [0.717, 1.165) is 35.0 Å². The Kier molecular flexibility index (Phi) is 10.7. The molecular formula is C25H28BrCl2NO2. The lowest BCUT2D eigenvalue weighted by Crippen LogP contribution is -2.20. The largest absolute Gasteiger partial charge is 0.493 e. The summed E-state index contributed by atoms with van der Waals surface area (Å²) in [5, 5.41) is 4.37. The molecule has 3 aromatic carbocycles. The summed E-state index contributed by atoms with van der Waals surface area (Å²) in [4.78, 5) is 0. The highest BCUT2D eigenvalue weighted by molar-refractivity contribution is 9.10. The van der Waals surface area contributed by atoms with E-state index in [4.69, 9.17) is 21.1 Å². The molecule has 0 radical (unpaired) electrons. The first-order valence-corrected chi connectivity index (χ1v) is 11.3. The van der Waals surface area contributed by atoms with Crippen molar-refractivity contribution in [2.45, 2.75) is 39.0 Å². The minimum Gasteiger partial charge on any atom is -0.493 e. The van der Waals surface area contributed by atoms with Crippen molar-refractivity contribution in [1.82, 2.24) is 5.32 Å². The van der Waals surface area contributed by atoms with Crippen molar-refractivity contribution < 1.29 is 9.47 Å². The third-order valence-electron chi connectivity index (χ3n) is 4.95. The fourth-order valence-electron chi connectivity index (χ4n) is 3.38. The Labute approximate surface area is 204 Å². The van der Waals surface area contributed by atoms with Gasteiger partial charge in [-0.2, -0.15) is 0 Å². The van der Waals surface area contributed by atoms with Crippen molar-refractivity contribution in [3.63, 3.8) is 0 Å². The van der Waals surface area contributed by atoms with Crippen molar-refractivity contribution in [3.8, 4) is 11.5 Å². The van der Waals surface area contributed by atoms with E-state index in [1.54, 1.807) is 7.11 Å². The van der Waals surface area contributed by atoms with E-state index in [9.17, 15) is 0 Å². The van der Waals surface area contributed by atoms with Crippen molar-refractivity contribution in [2.24, 2.45) is 0 Å². The highest BCUT2D eigenvalue weighted by Gasteiger charge is 2.15. The first-order valence-electron chi connectivity index (χ1n) is 10.1. The average Bonchev–Trinajstić information content (AvgIpc) is 2.77. The SMILES string of the molecule is CCCC(NCc1cc(Br)c(OCc2ccccc2Cl)c(OC)c1)c1ccccc1.Cl. The Morgan fingerprint density at radius 3 is 2.42 bits per heavy atom. The van der Waals surface area contributed by atoms with Crippen molar-refractivity contribution in [2.75, 3.05) is 7.11 Å². The van der Waals surface area contributed by atoms with E-state index in [0.29, 0.717) is 29.2 Å². The Hall–Kier alpha value is -1.72. The molecule has 0 fully saturated rings. The molecule has 0 aromatic heterocycles. The fraction of sp³-hybridized carbons (Fsp3) is 0.280. The first-order chi connectivity index (χ1) is 14.6. The normalized spacial score (nSPS) is 11.5. The molecule has 1 N–H and O–H groups in total. The molecule has 0 aliphatic heterocycles. The molecule has 0 aliphatic carbocycles. The fourth-order valence-corrected chi connectivity index (χ4v) is 4.18. The maximum absolute atomic E-state index is 6.24. The summed E-state index contributed by atoms with van der Waals surface area (Å²) in [6.45, 7) is 3.32. The third kappa shape index (κ3) is 7.15. The minimum absolute atomic E-state index is 0. The van der Waals surface area contributed by atoms with E-state index >= 15 is 0 Å². The molecule has 1 unspecified atom stereocenters. The Morgan fingerprint density at radius 1 is 1.03 bits per heavy atom. The molecule has 0 bridgehead atoms. The van der Waals surface area contributed by atoms with Crippen LogP contribution in [0.15, 0.2) is 71.2 Å². The quantitative estimate of drug-likeness (QED) is 0.294. The van der Waals surface area contributed by atoms with Gasteiger partial charge in [-0.25, -0.2) is 0 Å². The Bertz CT molecular complexity index is 954. The van der Waals surface area contributed by atoms with Crippen LogP contribution in [0.1, 0.15) is 42.5 Å². The maximum Gasteiger partial charge on any atom is 0.175 e. The molecule has 0 heterocycles. The number of halogens is 3. The second-order valence-corrected chi connectivity index (χ2v) is 8.38. The van der Waals surface area contributed by atoms with Crippen LogP contribution in [0.3, 0.4) is 0 Å². The number of nitrogens with one attached hydrogen (secondary N) is 1. The van der Waals surface area contributed by atoms with Crippen molar-refractivity contribution in [3.05, 3.63) is 92.9 Å². The maximum atomic E-state index is 6.24. The van der Waals surface area contributed by atoms with Gasteiger partial charge in [-0.05, 0) is 51.7 Å². The van der Waals surface area contributed by atoms with E-state index < -0.39 is 0 Å². The van der Waals surface area contributed by atoms with Crippen LogP contribution < -0.4 is 14.8 Å². The third-order valence-corrected chi connectivity index (χ3v) is 5.91. The van der Waals surface area contributed by atoms with Crippen LogP contribution in [0, 0.1) is 0 Å². The van der Waals surface area contributed by atoms with Gasteiger partial charge in [0, 0.05) is 23.2 Å². The van der Waals surface area contributed by atoms with Crippen LogP contribution in [0.25, 0.3) is 0 Å². The zero-order valence-corrected chi connectivity index (χ0v) is 20.9.